The Kier molecular flexibility index (Phi) is 6.12. The number of hydrogen-bond donors (Lipinski definition) is 1. The standard InChI is InChI=1S/C28H39N5/c1-31(27-12-2-6-21-8-5-13-29-28(21)27)20-23-18-25-22(19-30-23)7-3-11-26(25)33-16-14-32(15-17-33)24-9-4-10-24/h3,5,7-8,11,13,23-24,27,30H,2,4,6,9-10,12,14-20H2,1H3/t23-,27+/m1/s1. The van der Waals surface area contributed by atoms with Gasteiger partial charge < -0.3 is 10.2 Å². The molecule has 0 spiro atoms. The normalized spacial score (nSPS) is 26.1. The summed E-state index contributed by atoms with van der Waals surface area (Å²) in [6.07, 6.45) is 11.0. The number of likely N-dealkylation sites (N-methyl/N-ethyl adjacent to an activating group) is 1. The largest absolute Gasteiger partial charge is 0.369 e. The molecular formula is C28H39N5. The number of hydrogen-bond acceptors (Lipinski definition) is 5. The molecule has 0 bridgehead atoms. The first-order valence-electron chi connectivity index (χ1n) is 13.2. The molecule has 33 heavy (non-hydrogen) atoms. The van der Waals surface area contributed by atoms with E-state index >= 15 is 0 Å². The summed E-state index contributed by atoms with van der Waals surface area (Å²) in [6, 6.07) is 13.2. The van der Waals surface area contributed by atoms with Gasteiger partial charge in [0.15, 0.2) is 0 Å². The Hall–Kier alpha value is -1.95. The van der Waals surface area contributed by atoms with Crippen LogP contribution in [0.25, 0.3) is 0 Å². The zero-order chi connectivity index (χ0) is 22.2. The molecule has 4 aliphatic rings. The Morgan fingerprint density at radius 1 is 1.00 bits per heavy atom. The maximum Gasteiger partial charge on any atom is 0.0607 e. The van der Waals surface area contributed by atoms with Crippen LogP contribution in [0.2, 0.25) is 0 Å². The number of nitrogens with one attached hydrogen (secondary N) is 1. The zero-order valence-electron chi connectivity index (χ0n) is 20.2. The van der Waals surface area contributed by atoms with E-state index in [9.17, 15) is 0 Å². The van der Waals surface area contributed by atoms with E-state index in [0.29, 0.717) is 12.1 Å². The molecular weight excluding hydrogens is 406 g/mol. The molecule has 2 aliphatic carbocycles. The van der Waals surface area contributed by atoms with Crippen molar-refractivity contribution in [3.05, 3.63) is 58.9 Å². The van der Waals surface area contributed by atoms with Crippen LogP contribution in [-0.2, 0) is 19.4 Å². The van der Waals surface area contributed by atoms with Gasteiger partial charge in [0.05, 0.1) is 11.7 Å². The third-order valence-corrected chi connectivity index (χ3v) is 8.73. The van der Waals surface area contributed by atoms with Crippen LogP contribution < -0.4 is 10.2 Å². The summed E-state index contributed by atoms with van der Waals surface area (Å²) in [5.74, 6) is 0. The van der Waals surface area contributed by atoms with Gasteiger partial charge in [0.25, 0.3) is 0 Å². The average Bonchev–Trinajstić information content (AvgIpc) is 2.83. The molecule has 0 radical (unpaired) electrons. The van der Waals surface area contributed by atoms with Crippen LogP contribution in [0.5, 0.6) is 0 Å². The molecule has 1 aromatic carbocycles. The van der Waals surface area contributed by atoms with Gasteiger partial charge in [0.2, 0.25) is 0 Å². The predicted molar refractivity (Wildman–Crippen MR) is 135 cm³/mol. The van der Waals surface area contributed by atoms with E-state index in [1.54, 1.807) is 5.56 Å². The minimum atomic E-state index is 0.452. The summed E-state index contributed by atoms with van der Waals surface area (Å²) in [4.78, 5) is 12.8. The number of fused-ring (bicyclic) bond motifs is 2. The number of pyridine rings is 1. The van der Waals surface area contributed by atoms with Crippen molar-refractivity contribution in [2.24, 2.45) is 0 Å². The SMILES string of the molecule is CN(C[C@H]1Cc2c(cccc2N2CCN(C3CCC3)CC2)CN1)[C@H]1CCCc2cccnc21. The summed E-state index contributed by atoms with van der Waals surface area (Å²) in [6.45, 7) is 6.87. The summed E-state index contributed by atoms with van der Waals surface area (Å²) in [5, 5.41) is 3.85. The second-order valence-corrected chi connectivity index (χ2v) is 10.7. The van der Waals surface area contributed by atoms with Gasteiger partial charge in [-0.05, 0) is 74.4 Å². The Morgan fingerprint density at radius 2 is 1.85 bits per heavy atom. The molecule has 6 rings (SSSR count). The number of aryl methyl sites for hydroxylation is 1. The highest BCUT2D eigenvalue weighted by Crippen LogP contribution is 2.34. The maximum atomic E-state index is 4.78. The monoisotopic (exact) mass is 445 g/mol. The fourth-order valence-electron chi connectivity index (χ4n) is 6.59. The Bertz CT molecular complexity index is 963. The number of rotatable bonds is 5. The van der Waals surface area contributed by atoms with E-state index in [1.165, 1.54) is 87.2 Å². The maximum absolute atomic E-state index is 4.78. The van der Waals surface area contributed by atoms with Crippen LogP contribution in [0.15, 0.2) is 36.5 Å². The summed E-state index contributed by atoms with van der Waals surface area (Å²) < 4.78 is 0. The molecule has 2 atom stereocenters. The minimum absolute atomic E-state index is 0.452. The number of benzene rings is 1. The van der Waals surface area contributed by atoms with Gasteiger partial charge in [0, 0.05) is 63.2 Å². The molecule has 1 saturated carbocycles. The van der Waals surface area contributed by atoms with Crippen LogP contribution in [0.1, 0.15) is 60.5 Å². The minimum Gasteiger partial charge on any atom is -0.369 e. The molecule has 2 aliphatic heterocycles. The van der Waals surface area contributed by atoms with Crippen LogP contribution in [0.4, 0.5) is 5.69 Å². The van der Waals surface area contributed by atoms with Crippen molar-refractivity contribution >= 4 is 5.69 Å². The molecule has 5 heteroatoms. The van der Waals surface area contributed by atoms with Crippen LogP contribution >= 0.6 is 0 Å². The molecule has 176 valence electrons. The average molecular weight is 446 g/mol. The topological polar surface area (TPSA) is 34.6 Å². The van der Waals surface area contributed by atoms with E-state index in [1.807, 2.05) is 6.20 Å². The quantitative estimate of drug-likeness (QED) is 0.758. The van der Waals surface area contributed by atoms with Crippen LogP contribution in [0, 0.1) is 0 Å². The van der Waals surface area contributed by atoms with E-state index in [2.05, 4.69) is 57.4 Å². The van der Waals surface area contributed by atoms with Gasteiger partial charge in [0.1, 0.15) is 0 Å². The van der Waals surface area contributed by atoms with E-state index in [4.69, 9.17) is 4.98 Å². The molecule has 2 aromatic rings. The first-order valence-corrected chi connectivity index (χ1v) is 13.2. The van der Waals surface area contributed by atoms with Crippen molar-refractivity contribution in [1.29, 1.82) is 0 Å². The Balaban J connectivity index is 1.13. The van der Waals surface area contributed by atoms with E-state index in [-0.39, 0.29) is 0 Å². The lowest BCUT2D eigenvalue weighted by molar-refractivity contribution is 0.120. The number of piperazine rings is 1. The van der Waals surface area contributed by atoms with Gasteiger partial charge in [-0.1, -0.05) is 24.6 Å². The molecule has 1 N–H and O–H groups in total. The highest BCUT2D eigenvalue weighted by molar-refractivity contribution is 5.58. The summed E-state index contributed by atoms with van der Waals surface area (Å²) >= 11 is 0. The van der Waals surface area contributed by atoms with Gasteiger partial charge in [-0.15, -0.1) is 0 Å². The van der Waals surface area contributed by atoms with Gasteiger partial charge in [-0.25, -0.2) is 0 Å². The molecule has 0 amide bonds. The van der Waals surface area contributed by atoms with Crippen molar-refractivity contribution < 1.29 is 0 Å². The number of nitrogens with zero attached hydrogens (tertiary/aromatic N) is 4. The second-order valence-electron chi connectivity index (χ2n) is 10.7. The molecule has 3 heterocycles. The van der Waals surface area contributed by atoms with Crippen molar-refractivity contribution in [2.75, 3.05) is 44.7 Å². The summed E-state index contributed by atoms with van der Waals surface area (Å²) in [5.41, 5.74) is 7.35. The third kappa shape index (κ3) is 4.31. The summed E-state index contributed by atoms with van der Waals surface area (Å²) in [7, 11) is 2.30. The first-order chi connectivity index (χ1) is 16.3. The second kappa shape index (κ2) is 9.36. The zero-order valence-corrected chi connectivity index (χ0v) is 20.2. The lowest BCUT2D eigenvalue weighted by atomic mass is 9.89. The van der Waals surface area contributed by atoms with E-state index < -0.39 is 0 Å². The third-order valence-electron chi connectivity index (χ3n) is 8.73. The van der Waals surface area contributed by atoms with Crippen molar-refractivity contribution in [1.82, 2.24) is 20.1 Å². The molecule has 0 unspecified atom stereocenters. The molecule has 1 saturated heterocycles. The lowest BCUT2D eigenvalue weighted by Gasteiger charge is -2.44. The fraction of sp³-hybridized carbons (Fsp3) is 0.607. The highest BCUT2D eigenvalue weighted by Gasteiger charge is 2.31. The smallest absolute Gasteiger partial charge is 0.0607 e. The fourth-order valence-corrected chi connectivity index (χ4v) is 6.59. The van der Waals surface area contributed by atoms with Crippen molar-refractivity contribution in [3.8, 4) is 0 Å². The Labute approximate surface area is 199 Å². The lowest BCUT2D eigenvalue weighted by Crippen LogP contribution is -2.52. The van der Waals surface area contributed by atoms with Crippen molar-refractivity contribution in [2.45, 2.75) is 69.6 Å². The van der Waals surface area contributed by atoms with Crippen LogP contribution in [0.3, 0.4) is 0 Å². The van der Waals surface area contributed by atoms with Crippen molar-refractivity contribution in [3.63, 3.8) is 0 Å². The van der Waals surface area contributed by atoms with E-state index in [0.717, 1.165) is 25.6 Å². The first kappa shape index (κ1) is 21.6. The highest BCUT2D eigenvalue weighted by atomic mass is 15.3. The van der Waals surface area contributed by atoms with Gasteiger partial charge >= 0.3 is 0 Å². The molecule has 1 aromatic heterocycles. The molecule has 2 fully saturated rings. The van der Waals surface area contributed by atoms with Crippen LogP contribution in [-0.4, -0.2) is 66.6 Å². The number of aromatic nitrogens is 1. The van der Waals surface area contributed by atoms with Gasteiger partial charge in [-0.3, -0.25) is 14.8 Å². The Morgan fingerprint density at radius 3 is 2.67 bits per heavy atom. The predicted octanol–water partition coefficient (Wildman–Crippen LogP) is 3.78. The number of anilines is 1. The van der Waals surface area contributed by atoms with Gasteiger partial charge in [-0.2, -0.15) is 0 Å². The molecule has 5 nitrogen and oxygen atoms in total.